The molecule has 0 unspecified atom stereocenters. The number of amides is 1. The molecule has 0 saturated carbocycles. The predicted molar refractivity (Wildman–Crippen MR) is 79.5 cm³/mol. The third kappa shape index (κ3) is 8.56. The number of carbonyl (C=O) groups is 1. The van der Waals surface area contributed by atoms with E-state index in [4.69, 9.17) is 5.73 Å². The molecular weight excluding hydrogens is 226 g/mol. The van der Waals surface area contributed by atoms with Gasteiger partial charge in [0.1, 0.15) is 0 Å². The Labute approximate surface area is 111 Å². The number of nitrogens with two attached hydrogens (primary N) is 1. The van der Waals surface area contributed by atoms with Gasteiger partial charge in [-0.25, -0.2) is 0 Å². The molecule has 0 aliphatic rings. The quantitative estimate of drug-likeness (QED) is 0.600. The lowest BCUT2D eigenvalue weighted by Gasteiger charge is -2.08. The third-order valence-corrected chi connectivity index (χ3v) is 1.98. The van der Waals surface area contributed by atoms with Gasteiger partial charge in [-0.2, -0.15) is 0 Å². The standard InChI is InChI=1S/C11H19N3O.C3H8/c1-7(2)10(6-13-5)14-11(15)8(3)9(4)12;1-3-2/h6H,12H2,1-5H3,(H,14,15);3H2,1-2H3/b9-8-,13-6?;. The molecule has 0 saturated heterocycles. The molecule has 4 heteroatoms. The lowest BCUT2D eigenvalue weighted by molar-refractivity contribution is -0.116. The number of hydrogen-bond donors (Lipinski definition) is 2. The Morgan fingerprint density at radius 2 is 1.67 bits per heavy atom. The summed E-state index contributed by atoms with van der Waals surface area (Å²) < 4.78 is 0. The zero-order valence-corrected chi connectivity index (χ0v) is 12.7. The molecule has 3 N–H and O–H groups in total. The highest BCUT2D eigenvalue weighted by atomic mass is 16.1. The Morgan fingerprint density at radius 3 is 1.94 bits per heavy atom. The van der Waals surface area contributed by atoms with E-state index in [1.807, 2.05) is 13.8 Å². The van der Waals surface area contributed by atoms with E-state index in [1.54, 1.807) is 27.1 Å². The van der Waals surface area contributed by atoms with E-state index in [9.17, 15) is 4.79 Å². The predicted octanol–water partition coefficient (Wildman–Crippen LogP) is 2.77. The van der Waals surface area contributed by atoms with Crippen LogP contribution in [0, 0.1) is 0 Å². The van der Waals surface area contributed by atoms with Crippen LogP contribution >= 0.6 is 0 Å². The largest absolute Gasteiger partial charge is 0.402 e. The molecule has 0 spiro atoms. The van der Waals surface area contributed by atoms with E-state index in [0.717, 1.165) is 5.57 Å². The van der Waals surface area contributed by atoms with Gasteiger partial charge in [0.15, 0.2) is 0 Å². The van der Waals surface area contributed by atoms with Crippen molar-refractivity contribution in [3.8, 4) is 0 Å². The fourth-order valence-corrected chi connectivity index (χ4v) is 0.811. The Hall–Kier alpha value is -1.58. The normalized spacial score (nSPS) is 11.3. The van der Waals surface area contributed by atoms with E-state index in [1.165, 1.54) is 6.42 Å². The highest BCUT2D eigenvalue weighted by Crippen LogP contribution is 2.01. The molecule has 0 atom stereocenters. The number of aliphatic imine (C=N–C) groups is 1. The number of nitrogens with zero attached hydrogens (tertiary/aromatic N) is 1. The van der Waals surface area contributed by atoms with Crippen molar-refractivity contribution in [2.75, 3.05) is 7.05 Å². The Kier molecular flexibility index (Phi) is 11.0. The number of carbonyl (C=O) groups excluding carboxylic acids is 1. The molecule has 0 aromatic rings. The van der Waals surface area contributed by atoms with Crippen molar-refractivity contribution in [3.05, 3.63) is 22.5 Å². The number of hydrogen-bond acceptors (Lipinski definition) is 3. The zero-order valence-electron chi connectivity index (χ0n) is 12.7. The van der Waals surface area contributed by atoms with Crippen LogP contribution in [0.5, 0.6) is 0 Å². The molecule has 0 aromatic heterocycles. The molecule has 0 heterocycles. The van der Waals surface area contributed by atoms with Crippen molar-refractivity contribution in [2.45, 2.75) is 48.0 Å². The van der Waals surface area contributed by atoms with Gasteiger partial charge in [-0.3, -0.25) is 9.79 Å². The summed E-state index contributed by atoms with van der Waals surface area (Å²) >= 11 is 0. The second-order valence-electron chi connectivity index (χ2n) is 4.27. The van der Waals surface area contributed by atoms with Crippen LogP contribution in [-0.4, -0.2) is 19.2 Å². The molecule has 0 aliphatic heterocycles. The van der Waals surface area contributed by atoms with Crippen LogP contribution in [0.3, 0.4) is 0 Å². The summed E-state index contributed by atoms with van der Waals surface area (Å²) in [6.45, 7) is 11.5. The lowest BCUT2D eigenvalue weighted by Crippen LogP contribution is -2.26. The first kappa shape index (κ1) is 18.8. The monoisotopic (exact) mass is 253 g/mol. The van der Waals surface area contributed by atoms with Gasteiger partial charge >= 0.3 is 0 Å². The summed E-state index contributed by atoms with van der Waals surface area (Å²) in [5.74, 6) is -0.189. The van der Waals surface area contributed by atoms with Gasteiger partial charge in [0.2, 0.25) is 0 Å². The van der Waals surface area contributed by atoms with Crippen LogP contribution in [0.2, 0.25) is 0 Å². The zero-order chi connectivity index (χ0) is 14.7. The van der Waals surface area contributed by atoms with E-state index in [-0.39, 0.29) is 5.91 Å². The summed E-state index contributed by atoms with van der Waals surface area (Å²) in [4.78, 5) is 15.5. The molecule has 0 radical (unpaired) electrons. The Bertz CT molecular complexity index is 344. The van der Waals surface area contributed by atoms with Crippen molar-refractivity contribution in [2.24, 2.45) is 10.7 Å². The van der Waals surface area contributed by atoms with E-state index in [2.05, 4.69) is 24.2 Å². The third-order valence-electron chi connectivity index (χ3n) is 1.98. The van der Waals surface area contributed by atoms with Crippen molar-refractivity contribution in [3.63, 3.8) is 0 Å². The maximum absolute atomic E-state index is 11.6. The topological polar surface area (TPSA) is 67.5 Å². The fourth-order valence-electron chi connectivity index (χ4n) is 0.811. The van der Waals surface area contributed by atoms with Crippen molar-refractivity contribution in [1.82, 2.24) is 5.32 Å². The molecule has 4 nitrogen and oxygen atoms in total. The van der Waals surface area contributed by atoms with Crippen LogP contribution in [0.15, 0.2) is 27.5 Å². The maximum Gasteiger partial charge on any atom is 0.253 e. The van der Waals surface area contributed by atoms with Crippen molar-refractivity contribution < 1.29 is 4.79 Å². The fraction of sp³-hybridized carbons (Fsp3) is 0.571. The molecule has 0 fully saturated rings. The second-order valence-corrected chi connectivity index (χ2v) is 4.27. The summed E-state index contributed by atoms with van der Waals surface area (Å²) in [6.07, 6.45) is 2.87. The van der Waals surface area contributed by atoms with Crippen LogP contribution in [-0.2, 0) is 4.79 Å². The molecule has 0 aromatic carbocycles. The van der Waals surface area contributed by atoms with E-state index >= 15 is 0 Å². The molecule has 18 heavy (non-hydrogen) atoms. The molecule has 1 amide bonds. The summed E-state index contributed by atoms with van der Waals surface area (Å²) in [7, 11) is 1.66. The summed E-state index contributed by atoms with van der Waals surface area (Å²) in [5.41, 5.74) is 8.29. The first-order valence-electron chi connectivity index (χ1n) is 6.15. The Balaban J connectivity index is 0. The van der Waals surface area contributed by atoms with Crippen molar-refractivity contribution >= 4 is 12.1 Å². The minimum absolute atomic E-state index is 0.189. The van der Waals surface area contributed by atoms with Crippen LogP contribution in [0.25, 0.3) is 0 Å². The lowest BCUT2D eigenvalue weighted by atomic mass is 10.2. The van der Waals surface area contributed by atoms with Crippen LogP contribution < -0.4 is 11.1 Å². The van der Waals surface area contributed by atoms with Gasteiger partial charge < -0.3 is 11.1 Å². The minimum atomic E-state index is -0.189. The van der Waals surface area contributed by atoms with Gasteiger partial charge in [0.05, 0.1) is 5.70 Å². The second kappa shape index (κ2) is 10.6. The average Bonchev–Trinajstić information content (AvgIpc) is 2.28. The van der Waals surface area contributed by atoms with Crippen LogP contribution in [0.1, 0.15) is 48.0 Å². The number of nitrogens with one attached hydrogen (secondary N) is 1. The van der Waals surface area contributed by atoms with Gasteiger partial charge in [-0.15, -0.1) is 0 Å². The highest BCUT2D eigenvalue weighted by molar-refractivity contribution is 5.98. The smallest absolute Gasteiger partial charge is 0.253 e. The van der Waals surface area contributed by atoms with Gasteiger partial charge in [0.25, 0.3) is 5.91 Å². The number of rotatable bonds is 3. The highest BCUT2D eigenvalue weighted by Gasteiger charge is 2.07. The summed E-state index contributed by atoms with van der Waals surface area (Å²) in [5, 5.41) is 2.75. The summed E-state index contributed by atoms with van der Waals surface area (Å²) in [6, 6.07) is 0. The van der Waals surface area contributed by atoms with Gasteiger partial charge in [-0.05, 0) is 27.7 Å². The van der Waals surface area contributed by atoms with Gasteiger partial charge in [-0.1, -0.05) is 25.8 Å². The maximum atomic E-state index is 11.6. The SMILES string of the molecule is CCC.CN=CC(NC(=O)/C(C)=C(/C)N)=C(C)C. The van der Waals surface area contributed by atoms with E-state index in [0.29, 0.717) is 17.0 Å². The van der Waals surface area contributed by atoms with Crippen LogP contribution in [0.4, 0.5) is 0 Å². The molecule has 0 rings (SSSR count). The van der Waals surface area contributed by atoms with E-state index < -0.39 is 0 Å². The average molecular weight is 253 g/mol. The molecular formula is C14H27N3O. The molecule has 0 bridgehead atoms. The number of allylic oxidation sites excluding steroid dienone is 3. The first-order valence-corrected chi connectivity index (χ1v) is 6.15. The van der Waals surface area contributed by atoms with Gasteiger partial charge in [0, 0.05) is 24.5 Å². The van der Waals surface area contributed by atoms with Crippen molar-refractivity contribution in [1.29, 1.82) is 0 Å². The first-order chi connectivity index (χ1) is 8.31. The molecule has 0 aliphatic carbocycles. The molecule has 104 valence electrons. The minimum Gasteiger partial charge on any atom is -0.402 e. The Morgan fingerprint density at radius 1 is 1.22 bits per heavy atom.